The number of rotatable bonds is 6. The molecular weight excluding hydrogens is 216 g/mol. The molecule has 0 aromatic heterocycles. The summed E-state index contributed by atoms with van der Waals surface area (Å²) in [6.45, 7) is 11.9. The van der Waals surface area contributed by atoms with Crippen LogP contribution in [0.5, 0.6) is 0 Å². The summed E-state index contributed by atoms with van der Waals surface area (Å²) in [6, 6.07) is -0.621. The third-order valence-electron chi connectivity index (χ3n) is 2.38. The third-order valence-corrected chi connectivity index (χ3v) is 2.38. The van der Waals surface area contributed by atoms with Crippen molar-refractivity contribution in [3.05, 3.63) is 12.7 Å². The first-order chi connectivity index (χ1) is 7.69. The second-order valence-electron chi connectivity index (χ2n) is 5.30. The molecule has 2 N–H and O–H groups in total. The molecule has 2 atom stereocenters. The first kappa shape index (κ1) is 16.1. The van der Waals surface area contributed by atoms with Crippen LogP contribution in [0, 0.1) is 0 Å². The highest BCUT2D eigenvalue weighted by Gasteiger charge is 2.27. The first-order valence-corrected chi connectivity index (χ1v) is 5.98. The SMILES string of the molecule is C=CCCN(C)C(=O)[C@@H](N)[C@@H](C)OC(C)(C)C. The Labute approximate surface area is 105 Å². The van der Waals surface area contributed by atoms with E-state index in [4.69, 9.17) is 10.5 Å². The fraction of sp³-hybridized carbons (Fsp3) is 0.769. The minimum atomic E-state index is -0.621. The van der Waals surface area contributed by atoms with Crippen molar-refractivity contribution in [2.45, 2.75) is 51.9 Å². The molecule has 0 aliphatic carbocycles. The molecule has 0 saturated heterocycles. The summed E-state index contributed by atoms with van der Waals surface area (Å²) in [5, 5.41) is 0. The number of nitrogens with zero attached hydrogens (tertiary/aromatic N) is 1. The van der Waals surface area contributed by atoms with E-state index in [-0.39, 0.29) is 17.6 Å². The van der Waals surface area contributed by atoms with E-state index >= 15 is 0 Å². The van der Waals surface area contributed by atoms with Crippen LogP contribution >= 0.6 is 0 Å². The van der Waals surface area contributed by atoms with Gasteiger partial charge < -0.3 is 15.4 Å². The van der Waals surface area contributed by atoms with Crippen LogP contribution in [0.2, 0.25) is 0 Å². The van der Waals surface area contributed by atoms with Crippen molar-refractivity contribution in [1.29, 1.82) is 0 Å². The molecule has 0 aromatic carbocycles. The van der Waals surface area contributed by atoms with Gasteiger partial charge in [-0.25, -0.2) is 0 Å². The van der Waals surface area contributed by atoms with Gasteiger partial charge in [0.05, 0.1) is 11.7 Å². The number of ether oxygens (including phenoxy) is 1. The van der Waals surface area contributed by atoms with Gasteiger partial charge in [-0.3, -0.25) is 4.79 Å². The van der Waals surface area contributed by atoms with Gasteiger partial charge in [0.1, 0.15) is 6.04 Å². The first-order valence-electron chi connectivity index (χ1n) is 5.98. The van der Waals surface area contributed by atoms with Crippen LogP contribution in [0.25, 0.3) is 0 Å². The summed E-state index contributed by atoms with van der Waals surface area (Å²) in [6.07, 6.45) is 2.25. The zero-order valence-electron chi connectivity index (χ0n) is 11.7. The quantitative estimate of drug-likeness (QED) is 0.719. The Morgan fingerprint density at radius 2 is 2.06 bits per heavy atom. The maximum atomic E-state index is 12.0. The Hall–Kier alpha value is -0.870. The molecule has 0 saturated carbocycles. The van der Waals surface area contributed by atoms with Crippen LogP contribution in [0.15, 0.2) is 12.7 Å². The normalized spacial score (nSPS) is 15.2. The molecular formula is C13H26N2O2. The van der Waals surface area contributed by atoms with Gasteiger partial charge in [0.25, 0.3) is 0 Å². The number of carbonyl (C=O) groups excluding carboxylic acids is 1. The van der Waals surface area contributed by atoms with Gasteiger partial charge in [-0.05, 0) is 34.1 Å². The molecule has 0 bridgehead atoms. The predicted octanol–water partition coefficient (Wildman–Crippen LogP) is 1.55. The Kier molecular flexibility index (Phi) is 6.42. The molecule has 4 heteroatoms. The summed E-state index contributed by atoms with van der Waals surface area (Å²) in [5.74, 6) is -0.0939. The molecule has 0 unspecified atom stereocenters. The Balaban J connectivity index is 4.33. The number of hydrogen-bond donors (Lipinski definition) is 1. The fourth-order valence-corrected chi connectivity index (χ4v) is 1.48. The highest BCUT2D eigenvalue weighted by molar-refractivity contribution is 5.82. The summed E-state index contributed by atoms with van der Waals surface area (Å²) < 4.78 is 5.68. The lowest BCUT2D eigenvalue weighted by atomic mass is 10.1. The van der Waals surface area contributed by atoms with E-state index < -0.39 is 6.04 Å². The Morgan fingerprint density at radius 3 is 2.47 bits per heavy atom. The van der Waals surface area contributed by atoms with Crippen LogP contribution in [0.3, 0.4) is 0 Å². The van der Waals surface area contributed by atoms with Crippen LogP contribution in [0.1, 0.15) is 34.1 Å². The predicted molar refractivity (Wildman–Crippen MR) is 70.7 cm³/mol. The molecule has 0 aliphatic rings. The molecule has 0 aliphatic heterocycles. The topological polar surface area (TPSA) is 55.6 Å². The van der Waals surface area contributed by atoms with E-state index in [0.717, 1.165) is 6.42 Å². The average molecular weight is 242 g/mol. The average Bonchev–Trinajstić information content (AvgIpc) is 2.21. The highest BCUT2D eigenvalue weighted by Crippen LogP contribution is 2.13. The number of amides is 1. The number of nitrogens with two attached hydrogens (primary N) is 1. The van der Waals surface area contributed by atoms with E-state index in [1.54, 1.807) is 18.0 Å². The zero-order valence-corrected chi connectivity index (χ0v) is 11.7. The van der Waals surface area contributed by atoms with Crippen molar-refractivity contribution in [2.24, 2.45) is 5.73 Å². The molecule has 0 radical (unpaired) electrons. The van der Waals surface area contributed by atoms with Gasteiger partial charge >= 0.3 is 0 Å². The number of hydrogen-bond acceptors (Lipinski definition) is 3. The summed E-state index contributed by atoms with van der Waals surface area (Å²) >= 11 is 0. The molecule has 17 heavy (non-hydrogen) atoms. The second kappa shape index (κ2) is 6.77. The van der Waals surface area contributed by atoms with E-state index in [1.807, 2.05) is 27.7 Å². The fourth-order valence-electron chi connectivity index (χ4n) is 1.48. The van der Waals surface area contributed by atoms with E-state index in [1.165, 1.54) is 0 Å². The van der Waals surface area contributed by atoms with Crippen molar-refractivity contribution < 1.29 is 9.53 Å². The van der Waals surface area contributed by atoms with E-state index in [0.29, 0.717) is 6.54 Å². The van der Waals surface area contributed by atoms with Crippen molar-refractivity contribution in [3.63, 3.8) is 0 Å². The second-order valence-corrected chi connectivity index (χ2v) is 5.30. The molecule has 0 spiro atoms. The smallest absolute Gasteiger partial charge is 0.241 e. The summed E-state index contributed by atoms with van der Waals surface area (Å²) in [4.78, 5) is 13.6. The summed E-state index contributed by atoms with van der Waals surface area (Å²) in [7, 11) is 1.75. The van der Waals surface area contributed by atoms with E-state index in [2.05, 4.69) is 6.58 Å². The molecule has 0 rings (SSSR count). The minimum Gasteiger partial charge on any atom is -0.371 e. The molecule has 4 nitrogen and oxygen atoms in total. The van der Waals surface area contributed by atoms with Crippen molar-refractivity contribution >= 4 is 5.91 Å². The molecule has 0 fully saturated rings. The van der Waals surface area contributed by atoms with Crippen LogP contribution in [-0.2, 0) is 9.53 Å². The molecule has 100 valence electrons. The van der Waals surface area contributed by atoms with Gasteiger partial charge in [0.15, 0.2) is 0 Å². The van der Waals surface area contributed by atoms with Crippen LogP contribution in [-0.4, -0.2) is 42.1 Å². The summed E-state index contributed by atoms with van der Waals surface area (Å²) in [5.41, 5.74) is 5.60. The Bertz CT molecular complexity index is 259. The standard InChI is InChI=1S/C13H26N2O2/c1-7-8-9-15(6)12(16)11(14)10(2)17-13(3,4)5/h7,10-11H,1,8-9,14H2,2-6H3/t10-,11+/m1/s1. The van der Waals surface area contributed by atoms with Crippen LogP contribution < -0.4 is 5.73 Å². The van der Waals surface area contributed by atoms with E-state index in [9.17, 15) is 4.79 Å². The highest BCUT2D eigenvalue weighted by atomic mass is 16.5. The maximum Gasteiger partial charge on any atom is 0.241 e. The molecule has 0 aromatic rings. The molecule has 1 amide bonds. The number of carbonyl (C=O) groups is 1. The van der Waals surface area contributed by atoms with Gasteiger partial charge in [0, 0.05) is 13.6 Å². The van der Waals surface area contributed by atoms with Crippen LogP contribution in [0.4, 0.5) is 0 Å². The third kappa shape index (κ3) is 6.44. The lowest BCUT2D eigenvalue weighted by Gasteiger charge is -2.30. The lowest BCUT2D eigenvalue weighted by molar-refractivity contribution is -0.138. The largest absolute Gasteiger partial charge is 0.371 e. The van der Waals surface area contributed by atoms with Crippen molar-refractivity contribution in [1.82, 2.24) is 4.90 Å². The van der Waals surface area contributed by atoms with Gasteiger partial charge in [0.2, 0.25) is 5.91 Å². The minimum absolute atomic E-state index is 0.0939. The monoisotopic (exact) mass is 242 g/mol. The zero-order chi connectivity index (χ0) is 13.6. The van der Waals surface area contributed by atoms with Crippen molar-refractivity contribution in [2.75, 3.05) is 13.6 Å². The van der Waals surface area contributed by atoms with Crippen molar-refractivity contribution in [3.8, 4) is 0 Å². The van der Waals surface area contributed by atoms with Gasteiger partial charge in [-0.15, -0.1) is 6.58 Å². The number of likely N-dealkylation sites (N-methyl/N-ethyl adjacent to an activating group) is 1. The molecule has 0 heterocycles. The van der Waals surface area contributed by atoms with Gasteiger partial charge in [-0.1, -0.05) is 6.08 Å². The Morgan fingerprint density at radius 1 is 1.53 bits per heavy atom. The maximum absolute atomic E-state index is 12.0. The van der Waals surface area contributed by atoms with Gasteiger partial charge in [-0.2, -0.15) is 0 Å². The lowest BCUT2D eigenvalue weighted by Crippen LogP contribution is -2.50.